The first-order valence-electron chi connectivity index (χ1n) is 6.75. The van der Waals surface area contributed by atoms with Gasteiger partial charge in [-0.1, -0.05) is 29.8 Å². The van der Waals surface area contributed by atoms with Crippen LogP contribution < -0.4 is 10.1 Å². The number of carboxylic acid groups (broad SMARTS) is 1. The molecular formula is C15H20BrNO4. The number of carbonyl (C=O) groups excluding carboxylic acids is 1. The van der Waals surface area contributed by atoms with Crippen LogP contribution in [0.2, 0.25) is 0 Å². The molecule has 2 N–H and O–H groups in total. The number of rotatable bonds is 7. The van der Waals surface area contributed by atoms with E-state index >= 15 is 0 Å². The number of halogens is 1. The minimum absolute atomic E-state index is 0.175. The molecule has 116 valence electrons. The third-order valence-corrected chi connectivity index (χ3v) is 3.35. The fourth-order valence-electron chi connectivity index (χ4n) is 1.75. The summed E-state index contributed by atoms with van der Waals surface area (Å²) in [6, 6.07) is 6.18. The number of carboxylic acids is 1. The number of amides is 1. The van der Waals surface area contributed by atoms with E-state index < -0.39 is 24.0 Å². The van der Waals surface area contributed by atoms with Crippen LogP contribution in [0, 0.1) is 5.92 Å². The highest BCUT2D eigenvalue weighted by Gasteiger charge is 2.24. The molecule has 5 nitrogen and oxygen atoms in total. The van der Waals surface area contributed by atoms with Crippen LogP contribution in [0.5, 0.6) is 5.75 Å². The lowest BCUT2D eigenvalue weighted by molar-refractivity contribution is -0.143. The van der Waals surface area contributed by atoms with Crippen molar-refractivity contribution >= 4 is 27.8 Å². The van der Waals surface area contributed by atoms with E-state index in [2.05, 4.69) is 21.2 Å². The van der Waals surface area contributed by atoms with Gasteiger partial charge in [0.15, 0.2) is 6.10 Å². The molecule has 2 atom stereocenters. The smallest absolute Gasteiger partial charge is 0.326 e. The van der Waals surface area contributed by atoms with Crippen molar-refractivity contribution in [3.8, 4) is 5.75 Å². The molecule has 0 aliphatic carbocycles. The number of benzene rings is 1. The molecule has 0 saturated carbocycles. The van der Waals surface area contributed by atoms with Crippen LogP contribution in [-0.2, 0) is 9.59 Å². The van der Waals surface area contributed by atoms with Gasteiger partial charge in [0.2, 0.25) is 0 Å². The SMILES string of the molecule is CC(C)CC(NC(=O)C(C)Oc1ccc(Br)cc1)C(=O)O. The van der Waals surface area contributed by atoms with Gasteiger partial charge in [0.05, 0.1) is 0 Å². The van der Waals surface area contributed by atoms with Crippen molar-refractivity contribution in [3.05, 3.63) is 28.7 Å². The van der Waals surface area contributed by atoms with Crippen LogP contribution in [0.3, 0.4) is 0 Å². The van der Waals surface area contributed by atoms with E-state index in [1.807, 2.05) is 13.8 Å². The van der Waals surface area contributed by atoms with Crippen molar-refractivity contribution in [2.75, 3.05) is 0 Å². The molecular weight excluding hydrogens is 338 g/mol. The Morgan fingerprint density at radius 2 is 1.81 bits per heavy atom. The molecule has 0 aromatic heterocycles. The Kier molecular flexibility index (Phi) is 6.68. The van der Waals surface area contributed by atoms with Crippen LogP contribution >= 0.6 is 15.9 Å². The van der Waals surface area contributed by atoms with E-state index in [0.717, 1.165) is 4.47 Å². The number of nitrogens with one attached hydrogen (secondary N) is 1. The summed E-state index contributed by atoms with van der Waals surface area (Å²) < 4.78 is 6.40. The Morgan fingerprint density at radius 1 is 1.24 bits per heavy atom. The van der Waals surface area contributed by atoms with E-state index in [1.165, 1.54) is 0 Å². The van der Waals surface area contributed by atoms with Crippen LogP contribution in [0.15, 0.2) is 28.7 Å². The number of ether oxygens (including phenoxy) is 1. The zero-order valence-electron chi connectivity index (χ0n) is 12.3. The minimum Gasteiger partial charge on any atom is -0.481 e. The first-order valence-corrected chi connectivity index (χ1v) is 7.54. The highest BCUT2D eigenvalue weighted by molar-refractivity contribution is 9.10. The van der Waals surface area contributed by atoms with Gasteiger partial charge in [-0.3, -0.25) is 4.79 Å². The Balaban J connectivity index is 2.60. The second kappa shape index (κ2) is 8.02. The predicted octanol–water partition coefficient (Wildman–Crippen LogP) is 2.83. The van der Waals surface area contributed by atoms with Crippen molar-refractivity contribution in [2.24, 2.45) is 5.92 Å². The fraction of sp³-hybridized carbons (Fsp3) is 0.467. The van der Waals surface area contributed by atoms with Crippen LogP contribution in [0.4, 0.5) is 0 Å². The Labute approximate surface area is 132 Å². The molecule has 6 heteroatoms. The molecule has 1 aromatic rings. The van der Waals surface area contributed by atoms with Gasteiger partial charge in [-0.15, -0.1) is 0 Å². The maximum absolute atomic E-state index is 12.0. The van der Waals surface area contributed by atoms with Gasteiger partial charge in [-0.25, -0.2) is 4.79 Å². The van der Waals surface area contributed by atoms with Crippen LogP contribution in [0.1, 0.15) is 27.2 Å². The number of hydrogen-bond acceptors (Lipinski definition) is 3. The molecule has 0 heterocycles. The zero-order valence-corrected chi connectivity index (χ0v) is 13.9. The standard InChI is InChI=1S/C15H20BrNO4/c1-9(2)8-13(15(19)20)17-14(18)10(3)21-12-6-4-11(16)5-7-12/h4-7,9-10,13H,8H2,1-3H3,(H,17,18)(H,19,20). The monoisotopic (exact) mass is 357 g/mol. The molecule has 1 amide bonds. The molecule has 21 heavy (non-hydrogen) atoms. The molecule has 0 aliphatic heterocycles. The summed E-state index contributed by atoms with van der Waals surface area (Å²) in [5.74, 6) is -0.746. The van der Waals surface area contributed by atoms with Crippen molar-refractivity contribution in [2.45, 2.75) is 39.3 Å². The molecule has 2 unspecified atom stereocenters. The topological polar surface area (TPSA) is 75.6 Å². The molecule has 0 spiro atoms. The average molecular weight is 358 g/mol. The predicted molar refractivity (Wildman–Crippen MR) is 83.3 cm³/mol. The van der Waals surface area contributed by atoms with Crippen molar-refractivity contribution in [3.63, 3.8) is 0 Å². The zero-order chi connectivity index (χ0) is 16.0. The summed E-state index contributed by atoms with van der Waals surface area (Å²) in [5, 5.41) is 11.6. The first kappa shape index (κ1) is 17.5. The third kappa shape index (κ3) is 6.16. The molecule has 0 bridgehead atoms. The van der Waals surface area contributed by atoms with E-state index in [1.54, 1.807) is 31.2 Å². The average Bonchev–Trinajstić information content (AvgIpc) is 2.39. The van der Waals surface area contributed by atoms with Gasteiger partial charge in [0, 0.05) is 4.47 Å². The lowest BCUT2D eigenvalue weighted by Gasteiger charge is -2.20. The summed E-state index contributed by atoms with van der Waals surface area (Å²) in [6.45, 7) is 5.40. The van der Waals surface area contributed by atoms with Crippen molar-refractivity contribution in [1.82, 2.24) is 5.32 Å². The van der Waals surface area contributed by atoms with E-state index in [0.29, 0.717) is 12.2 Å². The van der Waals surface area contributed by atoms with Gasteiger partial charge >= 0.3 is 5.97 Å². The highest BCUT2D eigenvalue weighted by Crippen LogP contribution is 2.17. The second-order valence-corrected chi connectivity index (χ2v) is 6.16. The van der Waals surface area contributed by atoms with Gasteiger partial charge in [0.1, 0.15) is 11.8 Å². The third-order valence-electron chi connectivity index (χ3n) is 2.82. The van der Waals surface area contributed by atoms with Crippen molar-refractivity contribution in [1.29, 1.82) is 0 Å². The molecule has 1 rings (SSSR count). The Morgan fingerprint density at radius 3 is 2.29 bits per heavy atom. The van der Waals surface area contributed by atoms with E-state index in [4.69, 9.17) is 9.84 Å². The molecule has 0 radical (unpaired) electrons. The lowest BCUT2D eigenvalue weighted by atomic mass is 10.0. The quantitative estimate of drug-likeness (QED) is 0.786. The second-order valence-electron chi connectivity index (χ2n) is 5.24. The first-order chi connectivity index (χ1) is 9.79. The molecule has 0 fully saturated rings. The largest absolute Gasteiger partial charge is 0.481 e. The molecule has 1 aromatic carbocycles. The van der Waals surface area contributed by atoms with E-state index in [9.17, 15) is 9.59 Å². The van der Waals surface area contributed by atoms with Gasteiger partial charge in [-0.05, 0) is 43.5 Å². The fourth-order valence-corrected chi connectivity index (χ4v) is 2.02. The highest BCUT2D eigenvalue weighted by atomic mass is 79.9. The summed E-state index contributed by atoms with van der Waals surface area (Å²) in [6.07, 6.45) is -0.383. The number of hydrogen-bond donors (Lipinski definition) is 2. The maximum Gasteiger partial charge on any atom is 0.326 e. The van der Waals surface area contributed by atoms with Crippen LogP contribution in [0.25, 0.3) is 0 Å². The minimum atomic E-state index is -1.03. The summed E-state index contributed by atoms with van der Waals surface area (Å²) in [4.78, 5) is 23.1. The molecule has 0 aliphatic rings. The number of carbonyl (C=O) groups is 2. The molecule has 0 saturated heterocycles. The number of aliphatic carboxylic acids is 1. The normalized spacial score (nSPS) is 13.6. The van der Waals surface area contributed by atoms with Gasteiger partial charge in [0.25, 0.3) is 5.91 Å². The maximum atomic E-state index is 12.0. The summed E-state index contributed by atoms with van der Waals surface area (Å²) in [5.41, 5.74) is 0. The van der Waals surface area contributed by atoms with Gasteiger partial charge in [-0.2, -0.15) is 0 Å². The lowest BCUT2D eigenvalue weighted by Crippen LogP contribution is -2.46. The van der Waals surface area contributed by atoms with Crippen molar-refractivity contribution < 1.29 is 19.4 Å². The Bertz CT molecular complexity index is 487. The Hall–Kier alpha value is -1.56. The van der Waals surface area contributed by atoms with Crippen LogP contribution in [-0.4, -0.2) is 29.1 Å². The summed E-state index contributed by atoms with van der Waals surface area (Å²) >= 11 is 3.31. The van der Waals surface area contributed by atoms with Gasteiger partial charge < -0.3 is 15.2 Å². The summed E-state index contributed by atoms with van der Waals surface area (Å²) in [7, 11) is 0. The van der Waals surface area contributed by atoms with E-state index in [-0.39, 0.29) is 5.92 Å².